The van der Waals surface area contributed by atoms with E-state index in [0.717, 1.165) is 18.7 Å². The lowest BCUT2D eigenvalue weighted by molar-refractivity contribution is -0.00275. The Hall–Kier alpha value is -1.18. The van der Waals surface area contributed by atoms with Crippen LogP contribution in [-0.4, -0.2) is 34.5 Å². The van der Waals surface area contributed by atoms with Gasteiger partial charge in [-0.1, -0.05) is 26.0 Å². The highest BCUT2D eigenvalue weighted by molar-refractivity contribution is 6.05. The van der Waals surface area contributed by atoms with Crippen molar-refractivity contribution in [1.29, 1.82) is 0 Å². The summed E-state index contributed by atoms with van der Waals surface area (Å²) in [6, 6.07) is 0.343. The lowest BCUT2D eigenvalue weighted by Crippen LogP contribution is -2.34. The predicted molar refractivity (Wildman–Crippen MR) is 58.2 cm³/mol. The molecule has 76 valence electrons. The van der Waals surface area contributed by atoms with Gasteiger partial charge in [-0.15, -0.1) is 0 Å². The summed E-state index contributed by atoms with van der Waals surface area (Å²) in [4.78, 5) is 5.56. The number of hydrogen-bond acceptors (Lipinski definition) is 1. The second kappa shape index (κ2) is 4.89. The van der Waals surface area contributed by atoms with Crippen molar-refractivity contribution in [3.63, 3.8) is 0 Å². The second-order valence-corrected chi connectivity index (χ2v) is 3.41. The molecule has 1 aliphatic carbocycles. The summed E-state index contributed by atoms with van der Waals surface area (Å²) >= 11 is 0. The monoisotopic (exact) mass is 191 g/mol. The first kappa shape index (κ1) is 10.9. The summed E-state index contributed by atoms with van der Waals surface area (Å²) in [6.07, 6.45) is 6.06. The fourth-order valence-corrected chi connectivity index (χ4v) is 1.70. The van der Waals surface area contributed by atoms with E-state index in [1.807, 2.05) is 13.0 Å². The molecule has 0 fully saturated rings. The Morgan fingerprint density at radius 3 is 2.50 bits per heavy atom. The summed E-state index contributed by atoms with van der Waals surface area (Å²) in [5.41, 5.74) is 10.4. The molecule has 0 saturated carbocycles. The van der Waals surface area contributed by atoms with E-state index in [4.69, 9.17) is 5.53 Å². The summed E-state index contributed by atoms with van der Waals surface area (Å²) < 4.78 is 0. The highest BCUT2D eigenvalue weighted by Crippen LogP contribution is 2.12. The van der Waals surface area contributed by atoms with E-state index in [9.17, 15) is 0 Å². The lowest BCUT2D eigenvalue weighted by atomic mass is 10.0. The average Bonchev–Trinajstić information content (AvgIpc) is 2.20. The minimum atomic E-state index is 0.343. The quantitative estimate of drug-likeness (QED) is 0.496. The van der Waals surface area contributed by atoms with Crippen molar-refractivity contribution < 1.29 is 4.79 Å². The van der Waals surface area contributed by atoms with Crippen LogP contribution in [0.1, 0.15) is 20.8 Å². The van der Waals surface area contributed by atoms with E-state index in [-0.39, 0.29) is 0 Å². The smallest absolute Gasteiger partial charge is 0.317 e. The van der Waals surface area contributed by atoms with E-state index in [1.165, 1.54) is 0 Å². The third-order valence-corrected chi connectivity index (χ3v) is 2.62. The van der Waals surface area contributed by atoms with Crippen molar-refractivity contribution in [1.82, 2.24) is 4.90 Å². The maximum absolute atomic E-state index is 8.68. The van der Waals surface area contributed by atoms with Crippen LogP contribution in [0.4, 0.5) is 0 Å². The van der Waals surface area contributed by atoms with Crippen LogP contribution in [0.3, 0.4) is 0 Å². The molecule has 3 heteroatoms. The van der Waals surface area contributed by atoms with E-state index < -0.39 is 0 Å². The zero-order valence-corrected chi connectivity index (χ0v) is 9.07. The van der Waals surface area contributed by atoms with Crippen molar-refractivity contribution in [2.24, 2.45) is 0 Å². The maximum Gasteiger partial charge on any atom is 0.317 e. The Bertz CT molecular complexity index is 304. The molecule has 1 unspecified atom stereocenters. The van der Waals surface area contributed by atoms with Crippen LogP contribution in [0.15, 0.2) is 23.8 Å². The predicted octanol–water partition coefficient (Wildman–Crippen LogP) is 1.88. The van der Waals surface area contributed by atoms with Crippen LogP contribution in [0.25, 0.3) is 5.53 Å². The first-order chi connectivity index (χ1) is 6.72. The minimum Gasteiger partial charge on any atom is -0.361 e. The fourth-order valence-electron chi connectivity index (χ4n) is 1.70. The van der Waals surface area contributed by atoms with Gasteiger partial charge in [0.2, 0.25) is 0 Å². The molecular formula is C11H17N3. The molecule has 0 aromatic heterocycles. The van der Waals surface area contributed by atoms with Gasteiger partial charge in [-0.25, -0.2) is 0 Å². The normalized spacial score (nSPS) is 21.0. The third kappa shape index (κ3) is 2.19. The molecule has 0 heterocycles. The van der Waals surface area contributed by atoms with Crippen LogP contribution in [0.2, 0.25) is 0 Å². The molecule has 0 N–H and O–H groups in total. The van der Waals surface area contributed by atoms with E-state index >= 15 is 0 Å². The Morgan fingerprint density at radius 2 is 2.07 bits per heavy atom. The Kier molecular flexibility index (Phi) is 3.81. The largest absolute Gasteiger partial charge is 0.361 e. The topological polar surface area (TPSA) is 39.6 Å². The van der Waals surface area contributed by atoms with Crippen molar-refractivity contribution in [2.75, 3.05) is 13.1 Å². The van der Waals surface area contributed by atoms with Gasteiger partial charge in [0.15, 0.2) is 0 Å². The number of hydrogen-bond donors (Lipinski definition) is 0. The van der Waals surface area contributed by atoms with Gasteiger partial charge in [0.1, 0.15) is 0 Å². The molecule has 1 rings (SSSR count). The van der Waals surface area contributed by atoms with Crippen LogP contribution < -0.4 is 0 Å². The summed E-state index contributed by atoms with van der Waals surface area (Å²) in [6.45, 7) is 8.32. The second-order valence-electron chi connectivity index (χ2n) is 3.41. The molecule has 0 aromatic rings. The van der Waals surface area contributed by atoms with Gasteiger partial charge >= 0.3 is 5.71 Å². The van der Waals surface area contributed by atoms with E-state index in [2.05, 4.69) is 35.7 Å². The van der Waals surface area contributed by atoms with Crippen molar-refractivity contribution >= 4 is 5.71 Å². The van der Waals surface area contributed by atoms with Crippen molar-refractivity contribution in [2.45, 2.75) is 26.8 Å². The molecule has 0 aromatic carbocycles. The highest BCUT2D eigenvalue weighted by Gasteiger charge is 2.18. The van der Waals surface area contributed by atoms with Gasteiger partial charge in [0, 0.05) is 17.7 Å². The number of nitrogens with zero attached hydrogens (tertiary/aromatic N) is 3. The van der Waals surface area contributed by atoms with Crippen LogP contribution >= 0.6 is 0 Å². The highest BCUT2D eigenvalue weighted by atomic mass is 15.1. The molecule has 14 heavy (non-hydrogen) atoms. The molecule has 0 radical (unpaired) electrons. The lowest BCUT2D eigenvalue weighted by Gasteiger charge is -2.26. The molecule has 0 spiro atoms. The summed E-state index contributed by atoms with van der Waals surface area (Å²) in [7, 11) is 0. The molecule has 3 nitrogen and oxygen atoms in total. The van der Waals surface area contributed by atoms with Crippen LogP contribution in [0, 0.1) is 0 Å². The van der Waals surface area contributed by atoms with E-state index in [1.54, 1.807) is 0 Å². The first-order valence-corrected chi connectivity index (χ1v) is 5.06. The van der Waals surface area contributed by atoms with Gasteiger partial charge in [-0.2, -0.15) is 4.79 Å². The van der Waals surface area contributed by atoms with Crippen LogP contribution in [0.5, 0.6) is 0 Å². The number of rotatable bonds is 3. The standard InChI is InChI=1S/C11H17N3/c1-4-14(5-2)10-6-7-11(13-12)9(3)8-10/h6-8,10H,4-5H2,1-3H3. The van der Waals surface area contributed by atoms with Gasteiger partial charge in [0.05, 0.1) is 0 Å². The van der Waals surface area contributed by atoms with Crippen LogP contribution in [-0.2, 0) is 0 Å². The summed E-state index contributed by atoms with van der Waals surface area (Å²) in [5.74, 6) is 0. The molecule has 1 aliphatic rings. The average molecular weight is 191 g/mol. The Labute approximate surface area is 85.3 Å². The number of likely N-dealkylation sites (N-methyl/N-ethyl adjacent to an activating group) is 1. The number of allylic oxidation sites excluding steroid dienone is 2. The van der Waals surface area contributed by atoms with Gasteiger partial charge in [0.25, 0.3) is 0 Å². The zero-order valence-electron chi connectivity index (χ0n) is 9.07. The zero-order chi connectivity index (χ0) is 10.6. The van der Waals surface area contributed by atoms with Crippen molar-refractivity contribution in [3.05, 3.63) is 29.3 Å². The van der Waals surface area contributed by atoms with Crippen molar-refractivity contribution in [3.8, 4) is 0 Å². The Balaban J connectivity index is 2.83. The Morgan fingerprint density at radius 1 is 1.43 bits per heavy atom. The molecule has 0 aliphatic heterocycles. The molecular weight excluding hydrogens is 174 g/mol. The first-order valence-electron chi connectivity index (χ1n) is 5.06. The molecule has 0 amide bonds. The minimum absolute atomic E-state index is 0.343. The molecule has 1 atom stereocenters. The van der Waals surface area contributed by atoms with Gasteiger partial charge in [-0.05, 0) is 20.0 Å². The molecule has 0 saturated heterocycles. The van der Waals surface area contributed by atoms with E-state index in [0.29, 0.717) is 11.8 Å². The third-order valence-electron chi connectivity index (χ3n) is 2.62. The molecule has 0 bridgehead atoms. The van der Waals surface area contributed by atoms with Gasteiger partial charge < -0.3 is 5.53 Å². The maximum atomic E-state index is 8.68. The SMILES string of the molecule is CCN(CC)C1C=CC(=[N+]=[N-])C(C)=C1. The fraction of sp³-hybridized carbons (Fsp3) is 0.545. The van der Waals surface area contributed by atoms with Gasteiger partial charge in [-0.3, -0.25) is 4.90 Å². The summed E-state index contributed by atoms with van der Waals surface area (Å²) in [5, 5.41) is 0.